The van der Waals surface area contributed by atoms with Crippen LogP contribution in [0.25, 0.3) is 0 Å². The Morgan fingerprint density at radius 3 is 1.55 bits per heavy atom. The molecule has 0 aliphatic heterocycles. The lowest BCUT2D eigenvalue weighted by Gasteiger charge is -2.26. The van der Waals surface area contributed by atoms with Gasteiger partial charge in [0.1, 0.15) is 9.87 Å². The van der Waals surface area contributed by atoms with Crippen molar-refractivity contribution in [3.63, 3.8) is 0 Å². The first kappa shape index (κ1) is 10.8. The SMILES string of the molecule is C=CC(C)(O)SC(C)(O)C=C. The van der Waals surface area contributed by atoms with Crippen molar-refractivity contribution in [1.82, 2.24) is 0 Å². The van der Waals surface area contributed by atoms with Crippen LogP contribution in [-0.2, 0) is 0 Å². The van der Waals surface area contributed by atoms with Gasteiger partial charge in [-0.1, -0.05) is 37.1 Å². The topological polar surface area (TPSA) is 40.5 Å². The maximum Gasteiger partial charge on any atom is 0.129 e. The fourth-order valence-electron chi connectivity index (χ4n) is 0.502. The molecule has 11 heavy (non-hydrogen) atoms. The van der Waals surface area contributed by atoms with Crippen LogP contribution < -0.4 is 0 Å². The number of hydrogen-bond acceptors (Lipinski definition) is 3. The highest BCUT2D eigenvalue weighted by Gasteiger charge is 2.27. The molecular weight excluding hydrogens is 160 g/mol. The monoisotopic (exact) mass is 174 g/mol. The van der Waals surface area contributed by atoms with Crippen LogP contribution in [0.1, 0.15) is 13.8 Å². The lowest BCUT2D eigenvalue weighted by atomic mass is 10.4. The Morgan fingerprint density at radius 1 is 1.09 bits per heavy atom. The minimum Gasteiger partial charge on any atom is -0.376 e. The summed E-state index contributed by atoms with van der Waals surface area (Å²) >= 11 is 0.979. The van der Waals surface area contributed by atoms with Crippen LogP contribution >= 0.6 is 11.8 Å². The second kappa shape index (κ2) is 3.43. The average Bonchev–Trinajstić information content (AvgIpc) is 1.86. The van der Waals surface area contributed by atoms with Crippen molar-refractivity contribution >= 4 is 11.8 Å². The van der Waals surface area contributed by atoms with E-state index < -0.39 is 9.87 Å². The predicted octanol–water partition coefficient (Wildman–Crippen LogP) is 1.51. The Morgan fingerprint density at radius 2 is 1.36 bits per heavy atom. The molecule has 0 bridgehead atoms. The molecule has 2 N–H and O–H groups in total. The minimum atomic E-state index is -1.11. The number of aliphatic hydroxyl groups is 2. The van der Waals surface area contributed by atoms with E-state index in [0.29, 0.717) is 0 Å². The fourth-order valence-corrected chi connectivity index (χ4v) is 1.51. The van der Waals surface area contributed by atoms with E-state index in [4.69, 9.17) is 0 Å². The molecule has 0 amide bonds. The molecule has 0 spiro atoms. The molecule has 2 atom stereocenters. The van der Waals surface area contributed by atoms with Crippen LogP contribution in [0.2, 0.25) is 0 Å². The van der Waals surface area contributed by atoms with Gasteiger partial charge in [0.25, 0.3) is 0 Å². The Hall–Kier alpha value is -0.250. The largest absolute Gasteiger partial charge is 0.376 e. The molecular formula is C8H14O2S. The Kier molecular flexibility index (Phi) is 3.35. The molecule has 0 aliphatic carbocycles. The van der Waals surface area contributed by atoms with Crippen molar-refractivity contribution in [2.45, 2.75) is 23.7 Å². The zero-order chi connectivity index (χ0) is 9.12. The smallest absolute Gasteiger partial charge is 0.129 e. The van der Waals surface area contributed by atoms with Crippen LogP contribution in [0.15, 0.2) is 25.3 Å². The average molecular weight is 174 g/mol. The van der Waals surface area contributed by atoms with Gasteiger partial charge >= 0.3 is 0 Å². The second-order valence-electron chi connectivity index (χ2n) is 2.62. The molecule has 0 saturated heterocycles. The molecule has 0 aliphatic rings. The first-order chi connectivity index (χ1) is 4.83. The standard InChI is InChI=1S/C8H14O2S/c1-5-7(3,9)11-8(4,10)6-2/h5-6,9-10H,1-2H2,3-4H3. The maximum absolute atomic E-state index is 9.43. The van der Waals surface area contributed by atoms with E-state index in [0.717, 1.165) is 11.8 Å². The van der Waals surface area contributed by atoms with Crippen molar-refractivity contribution < 1.29 is 10.2 Å². The van der Waals surface area contributed by atoms with Crippen molar-refractivity contribution in [3.8, 4) is 0 Å². The zero-order valence-corrected chi connectivity index (χ0v) is 7.69. The molecule has 0 aromatic heterocycles. The molecule has 0 aromatic carbocycles. The normalized spacial score (nSPS) is 21.5. The van der Waals surface area contributed by atoms with Gasteiger partial charge in [0.15, 0.2) is 0 Å². The van der Waals surface area contributed by atoms with Crippen LogP contribution in [0.5, 0.6) is 0 Å². The van der Waals surface area contributed by atoms with Gasteiger partial charge < -0.3 is 10.2 Å². The summed E-state index contributed by atoms with van der Waals surface area (Å²) in [6, 6.07) is 0. The van der Waals surface area contributed by atoms with Gasteiger partial charge in [-0.25, -0.2) is 0 Å². The van der Waals surface area contributed by atoms with Crippen molar-refractivity contribution in [2.75, 3.05) is 0 Å². The third-order valence-corrected chi connectivity index (χ3v) is 2.33. The highest BCUT2D eigenvalue weighted by molar-refractivity contribution is 8.01. The first-order valence-electron chi connectivity index (χ1n) is 3.25. The highest BCUT2D eigenvalue weighted by atomic mass is 32.2. The molecule has 0 rings (SSSR count). The molecule has 0 saturated carbocycles. The van der Waals surface area contributed by atoms with Crippen LogP contribution in [0.3, 0.4) is 0 Å². The highest BCUT2D eigenvalue weighted by Crippen LogP contribution is 2.34. The van der Waals surface area contributed by atoms with E-state index in [2.05, 4.69) is 13.2 Å². The summed E-state index contributed by atoms with van der Waals surface area (Å²) in [5, 5.41) is 18.9. The molecule has 0 fully saturated rings. The third kappa shape index (κ3) is 4.24. The summed E-state index contributed by atoms with van der Waals surface area (Å²) in [7, 11) is 0. The molecule has 0 aromatic rings. The lowest BCUT2D eigenvalue weighted by molar-refractivity contribution is 0.177. The summed E-state index contributed by atoms with van der Waals surface area (Å²) < 4.78 is 0. The van der Waals surface area contributed by atoms with E-state index in [1.54, 1.807) is 13.8 Å². The van der Waals surface area contributed by atoms with Crippen LogP contribution in [-0.4, -0.2) is 20.1 Å². The van der Waals surface area contributed by atoms with Gasteiger partial charge in [-0.3, -0.25) is 0 Å². The van der Waals surface area contributed by atoms with E-state index >= 15 is 0 Å². The van der Waals surface area contributed by atoms with E-state index in [9.17, 15) is 10.2 Å². The Labute approximate surface area is 71.6 Å². The van der Waals surface area contributed by atoms with Gasteiger partial charge in [0.05, 0.1) is 0 Å². The van der Waals surface area contributed by atoms with Gasteiger partial charge in [-0.05, 0) is 13.8 Å². The van der Waals surface area contributed by atoms with E-state index in [-0.39, 0.29) is 0 Å². The van der Waals surface area contributed by atoms with Crippen molar-refractivity contribution in [1.29, 1.82) is 0 Å². The molecule has 0 heterocycles. The summed E-state index contributed by atoms with van der Waals surface area (Å²) in [5.41, 5.74) is 0. The molecule has 2 nitrogen and oxygen atoms in total. The molecule has 3 heteroatoms. The van der Waals surface area contributed by atoms with Gasteiger partial charge in [-0.2, -0.15) is 0 Å². The summed E-state index contributed by atoms with van der Waals surface area (Å²) in [5.74, 6) is 0. The van der Waals surface area contributed by atoms with Crippen LogP contribution in [0.4, 0.5) is 0 Å². The molecule has 64 valence electrons. The number of hydrogen-bond donors (Lipinski definition) is 2. The van der Waals surface area contributed by atoms with E-state index in [1.807, 2.05) is 0 Å². The summed E-state index contributed by atoms with van der Waals surface area (Å²) in [6.45, 7) is 9.99. The molecule has 0 radical (unpaired) electrons. The number of thioether (sulfide) groups is 1. The van der Waals surface area contributed by atoms with Crippen molar-refractivity contribution in [3.05, 3.63) is 25.3 Å². The number of rotatable bonds is 4. The Bertz CT molecular complexity index is 143. The fraction of sp³-hybridized carbons (Fsp3) is 0.500. The predicted molar refractivity (Wildman–Crippen MR) is 49.2 cm³/mol. The minimum absolute atomic E-state index is 0.979. The summed E-state index contributed by atoms with van der Waals surface area (Å²) in [6.07, 6.45) is 2.74. The molecule has 2 unspecified atom stereocenters. The summed E-state index contributed by atoms with van der Waals surface area (Å²) in [4.78, 5) is -2.23. The first-order valence-corrected chi connectivity index (χ1v) is 4.07. The lowest BCUT2D eigenvalue weighted by Crippen LogP contribution is -2.26. The maximum atomic E-state index is 9.43. The van der Waals surface area contributed by atoms with E-state index in [1.165, 1.54) is 12.2 Å². The zero-order valence-electron chi connectivity index (χ0n) is 6.87. The third-order valence-electron chi connectivity index (χ3n) is 1.17. The second-order valence-corrected chi connectivity index (χ2v) is 4.48. The van der Waals surface area contributed by atoms with Crippen LogP contribution in [0, 0.1) is 0 Å². The quantitative estimate of drug-likeness (QED) is 0.501. The van der Waals surface area contributed by atoms with Crippen molar-refractivity contribution in [2.24, 2.45) is 0 Å². The Balaban J connectivity index is 4.23. The van der Waals surface area contributed by atoms with Gasteiger partial charge in [0.2, 0.25) is 0 Å². The van der Waals surface area contributed by atoms with Gasteiger partial charge in [-0.15, -0.1) is 0 Å². The van der Waals surface area contributed by atoms with Gasteiger partial charge in [0, 0.05) is 0 Å².